The van der Waals surface area contributed by atoms with Crippen molar-refractivity contribution in [2.75, 3.05) is 6.79 Å². The number of aliphatic hydroxyl groups excluding tert-OH is 2. The van der Waals surface area contributed by atoms with Crippen LogP contribution < -0.4 is 18.9 Å². The van der Waals surface area contributed by atoms with E-state index in [1.807, 2.05) is 60.7 Å². The SMILES string of the molecule is O=C(/C=C/c1ccc2c3c(ccc2c1)OCOc1ccc2cc(/C=C/C(=O)c4ccc(OC(=O)c5ccc(CO)cc5)cc4)ccc2c1-3)c1ccc(OC(=O)c2ccc(CO)cc2)cc1. The zero-order chi connectivity index (χ0) is 44.9. The first-order valence-electron chi connectivity index (χ1n) is 20.6. The number of carbonyl (C=O) groups excluding carboxylic acids is 4. The Bertz CT molecular complexity index is 2970. The van der Waals surface area contributed by atoms with Crippen molar-refractivity contribution in [3.63, 3.8) is 0 Å². The van der Waals surface area contributed by atoms with Crippen LogP contribution in [0.3, 0.4) is 0 Å². The number of allylic oxidation sites excluding steroid dienone is 2. The van der Waals surface area contributed by atoms with Gasteiger partial charge in [-0.25, -0.2) is 9.59 Å². The lowest BCUT2D eigenvalue weighted by Crippen LogP contribution is -2.08. The average Bonchev–Trinajstić information content (AvgIpc) is 3.55. The number of esters is 2. The maximum absolute atomic E-state index is 13.2. The van der Waals surface area contributed by atoms with E-state index >= 15 is 0 Å². The number of aliphatic hydroxyl groups is 2. The molecule has 0 aromatic heterocycles. The van der Waals surface area contributed by atoms with Crippen molar-refractivity contribution in [1.82, 2.24) is 0 Å². The Balaban J connectivity index is 0.896. The van der Waals surface area contributed by atoms with Crippen LogP contribution in [-0.4, -0.2) is 40.5 Å². The molecule has 1 aliphatic rings. The van der Waals surface area contributed by atoms with E-state index < -0.39 is 11.9 Å². The lowest BCUT2D eigenvalue weighted by atomic mass is 9.91. The van der Waals surface area contributed by atoms with Crippen LogP contribution in [0.25, 0.3) is 44.8 Å². The highest BCUT2D eigenvalue weighted by Crippen LogP contribution is 2.47. The van der Waals surface area contributed by atoms with Crippen molar-refractivity contribution in [3.8, 4) is 34.1 Å². The second-order valence-corrected chi connectivity index (χ2v) is 15.2. The molecule has 65 heavy (non-hydrogen) atoms. The highest BCUT2D eigenvalue weighted by Gasteiger charge is 2.22. The normalized spacial score (nSPS) is 12.0. The van der Waals surface area contributed by atoms with Crippen LogP contribution in [0.15, 0.2) is 170 Å². The third-order valence-corrected chi connectivity index (χ3v) is 11.0. The highest BCUT2D eigenvalue weighted by atomic mass is 16.7. The van der Waals surface area contributed by atoms with Crippen LogP contribution >= 0.6 is 0 Å². The van der Waals surface area contributed by atoms with Crippen LogP contribution in [0.5, 0.6) is 23.0 Å². The quantitative estimate of drug-likeness (QED) is 0.0527. The van der Waals surface area contributed by atoms with Crippen molar-refractivity contribution in [1.29, 1.82) is 0 Å². The smallest absolute Gasteiger partial charge is 0.343 e. The van der Waals surface area contributed by atoms with Gasteiger partial charge in [-0.3, -0.25) is 9.59 Å². The predicted octanol–water partition coefficient (Wildman–Crippen LogP) is 10.6. The Hall–Kier alpha value is -8.44. The van der Waals surface area contributed by atoms with Gasteiger partial charge in [0.25, 0.3) is 0 Å². The van der Waals surface area contributed by atoms with E-state index in [1.165, 1.54) is 12.2 Å². The Kier molecular flexibility index (Phi) is 11.9. The van der Waals surface area contributed by atoms with Crippen LogP contribution in [0.2, 0.25) is 0 Å². The Morgan fingerprint density at radius 3 is 1.23 bits per heavy atom. The van der Waals surface area contributed by atoms with Crippen LogP contribution in [0.1, 0.15) is 63.7 Å². The molecule has 9 rings (SSSR count). The molecule has 10 nitrogen and oxygen atoms in total. The van der Waals surface area contributed by atoms with Gasteiger partial charge in [0, 0.05) is 22.3 Å². The van der Waals surface area contributed by atoms with E-state index in [-0.39, 0.29) is 31.6 Å². The van der Waals surface area contributed by atoms with E-state index in [0.717, 1.165) is 43.8 Å². The standard InChI is InChI=1S/C55H38O10/c56-31-36-1-9-40(10-2-36)54(60)64-44-19-13-38(14-20-44)48(58)25-7-34-5-23-46-42(29-34)17-27-50-52(46)53-47-24-6-35(30-43(47)18-28-51(53)63-33-62-50)8-26-49(59)39-15-21-45(22-16-39)65-55(61)41-11-3-37(32-57)4-12-41/h1-30,56-57H,31-33H2/b25-7+,26-8+. The first-order valence-corrected chi connectivity index (χ1v) is 20.6. The van der Waals surface area contributed by atoms with Crippen molar-refractivity contribution < 1.29 is 48.3 Å². The molecule has 10 heteroatoms. The largest absolute Gasteiger partial charge is 0.457 e. The summed E-state index contributed by atoms with van der Waals surface area (Å²) in [5.41, 5.74) is 6.32. The van der Waals surface area contributed by atoms with Gasteiger partial charge in [-0.1, -0.05) is 72.8 Å². The zero-order valence-electron chi connectivity index (χ0n) is 34.6. The van der Waals surface area contributed by atoms with E-state index in [2.05, 4.69) is 0 Å². The van der Waals surface area contributed by atoms with Gasteiger partial charge < -0.3 is 29.2 Å². The molecule has 0 saturated heterocycles. The number of hydrogen-bond donors (Lipinski definition) is 2. The van der Waals surface area contributed by atoms with Gasteiger partial charge in [0.15, 0.2) is 11.6 Å². The van der Waals surface area contributed by atoms with E-state index in [4.69, 9.17) is 18.9 Å². The maximum Gasteiger partial charge on any atom is 0.343 e. The molecule has 8 aromatic rings. The summed E-state index contributed by atoms with van der Waals surface area (Å²) in [6.07, 6.45) is 6.53. The molecule has 0 bridgehead atoms. The second kappa shape index (κ2) is 18.5. The molecule has 0 radical (unpaired) electrons. The van der Waals surface area contributed by atoms with E-state index in [9.17, 15) is 29.4 Å². The molecule has 0 saturated carbocycles. The topological polar surface area (TPSA) is 146 Å². The minimum Gasteiger partial charge on any atom is -0.457 e. The molecule has 1 heterocycles. The highest BCUT2D eigenvalue weighted by molar-refractivity contribution is 6.12. The van der Waals surface area contributed by atoms with Crippen molar-refractivity contribution in [2.45, 2.75) is 13.2 Å². The zero-order valence-corrected chi connectivity index (χ0v) is 34.6. The Morgan fingerprint density at radius 1 is 0.462 bits per heavy atom. The molecule has 0 unspecified atom stereocenters. The number of carbonyl (C=O) groups is 4. The van der Waals surface area contributed by atoms with Gasteiger partial charge in [-0.05, 0) is 153 Å². The second-order valence-electron chi connectivity index (χ2n) is 15.2. The monoisotopic (exact) mass is 858 g/mol. The third kappa shape index (κ3) is 9.21. The lowest BCUT2D eigenvalue weighted by Gasteiger charge is -2.14. The maximum atomic E-state index is 13.2. The van der Waals surface area contributed by atoms with Gasteiger partial charge in [0.1, 0.15) is 23.0 Å². The fourth-order valence-corrected chi connectivity index (χ4v) is 7.51. The summed E-state index contributed by atoms with van der Waals surface area (Å²) in [5, 5.41) is 22.2. The number of hydrogen-bond acceptors (Lipinski definition) is 10. The molecule has 0 amide bonds. The molecule has 2 N–H and O–H groups in total. The van der Waals surface area contributed by atoms with Crippen LogP contribution in [0, 0.1) is 0 Å². The fraction of sp³-hybridized carbons (Fsp3) is 0.0545. The summed E-state index contributed by atoms with van der Waals surface area (Å²) in [6, 6.07) is 45.4. The molecule has 1 aliphatic heterocycles. The number of fused-ring (bicyclic) bond motifs is 7. The van der Waals surface area contributed by atoms with E-state index in [0.29, 0.717) is 56.4 Å². The third-order valence-electron chi connectivity index (χ3n) is 11.0. The fourth-order valence-electron chi connectivity index (χ4n) is 7.51. The minimum absolute atomic E-state index is 0.0358. The van der Waals surface area contributed by atoms with E-state index in [1.54, 1.807) is 109 Å². The van der Waals surface area contributed by atoms with Gasteiger partial charge in [0.05, 0.1) is 24.3 Å². The van der Waals surface area contributed by atoms with Crippen molar-refractivity contribution >= 4 is 57.2 Å². The molecule has 0 atom stereocenters. The summed E-state index contributed by atoms with van der Waals surface area (Å²) < 4.78 is 23.1. The molecule has 8 aromatic carbocycles. The Morgan fingerprint density at radius 2 is 0.846 bits per heavy atom. The number of ketones is 2. The summed E-state index contributed by atoms with van der Waals surface area (Å²) in [5.74, 6) is 0.422. The van der Waals surface area contributed by atoms with Crippen molar-refractivity contribution in [2.24, 2.45) is 0 Å². The first kappa shape index (κ1) is 41.9. The first-order chi connectivity index (χ1) is 31.7. The number of rotatable bonds is 12. The van der Waals surface area contributed by atoms with Gasteiger partial charge in [-0.2, -0.15) is 0 Å². The number of ether oxygens (including phenoxy) is 4. The minimum atomic E-state index is -0.543. The van der Waals surface area contributed by atoms with Gasteiger partial charge >= 0.3 is 11.9 Å². The van der Waals surface area contributed by atoms with Crippen LogP contribution in [-0.2, 0) is 13.2 Å². The average molecular weight is 859 g/mol. The van der Waals surface area contributed by atoms with Crippen molar-refractivity contribution in [3.05, 3.63) is 214 Å². The molecular weight excluding hydrogens is 821 g/mol. The Labute approximate surface area is 372 Å². The molecule has 0 aliphatic carbocycles. The summed E-state index contributed by atoms with van der Waals surface area (Å²) in [4.78, 5) is 51.4. The summed E-state index contributed by atoms with van der Waals surface area (Å²) >= 11 is 0. The molecule has 0 fully saturated rings. The molecule has 318 valence electrons. The molecule has 0 spiro atoms. The van der Waals surface area contributed by atoms with Gasteiger partial charge in [0.2, 0.25) is 6.79 Å². The summed E-state index contributed by atoms with van der Waals surface area (Å²) in [6.45, 7) is -0.204. The number of benzene rings is 8. The lowest BCUT2D eigenvalue weighted by molar-refractivity contribution is 0.0725. The van der Waals surface area contributed by atoms with Gasteiger partial charge in [-0.15, -0.1) is 0 Å². The summed E-state index contributed by atoms with van der Waals surface area (Å²) in [7, 11) is 0. The van der Waals surface area contributed by atoms with Crippen LogP contribution in [0.4, 0.5) is 0 Å². The molecular formula is C55H38O10. The predicted molar refractivity (Wildman–Crippen MR) is 247 cm³/mol.